The zero-order valence-electron chi connectivity index (χ0n) is 35.9. The molecule has 3 aromatic heterocycles. The van der Waals surface area contributed by atoms with Gasteiger partial charge in [-0.05, 0) is 86.8 Å². The molecule has 3 heterocycles. The Morgan fingerprint density at radius 2 is 0.758 bits per heavy atom. The van der Waals surface area contributed by atoms with E-state index in [1.165, 1.54) is 47.8 Å². The summed E-state index contributed by atoms with van der Waals surface area (Å²) in [5.74, 6) is 0. The molecule has 0 aliphatic heterocycles. The number of para-hydroxylation sites is 4. The van der Waals surface area contributed by atoms with Crippen molar-refractivity contribution in [2.75, 3.05) is 0 Å². The van der Waals surface area contributed by atoms with Crippen molar-refractivity contribution in [3.8, 4) is 17.1 Å². The van der Waals surface area contributed by atoms with Gasteiger partial charge in [-0.25, -0.2) is 4.85 Å². The minimum atomic E-state index is -2.71. The van der Waals surface area contributed by atoms with Gasteiger partial charge in [0.05, 0.1) is 45.4 Å². The van der Waals surface area contributed by atoms with Crippen LogP contribution in [0.4, 0.5) is 5.69 Å². The molecule has 0 unspecified atom stereocenters. The van der Waals surface area contributed by atoms with Gasteiger partial charge < -0.3 is 13.7 Å². The van der Waals surface area contributed by atoms with Gasteiger partial charge in [-0.15, -0.1) is 0 Å². The Labute approximate surface area is 382 Å². The van der Waals surface area contributed by atoms with E-state index >= 15 is 0 Å². The van der Waals surface area contributed by atoms with Crippen LogP contribution in [0.2, 0.25) is 0 Å². The molecular weight excluding hydrogens is 817 g/mol. The third-order valence-corrected chi connectivity index (χ3v) is 18.6. The standard InChI is InChI=1S/C61H40N4Si/c1-62-42-32-39-58-54(40-42)51-26-13-16-30-57(51)65(58)59-31-17-27-53-50-25-12-15-29-56(50)64(61(53)59)44-35-38-52-49-24-11-14-28-55(49)63(60(52)41-44)43-33-36-48(37-34-43)66(45-18-5-2-6-19-45,46-20-7-3-8-21-46)47-22-9-4-10-23-47/h2-41H. The molecule has 0 aliphatic carbocycles. The van der Waals surface area contributed by atoms with Gasteiger partial charge in [0.1, 0.15) is 0 Å². The van der Waals surface area contributed by atoms with E-state index in [-0.39, 0.29) is 0 Å². The maximum absolute atomic E-state index is 7.80. The van der Waals surface area contributed by atoms with Gasteiger partial charge in [-0.1, -0.05) is 182 Å². The zero-order chi connectivity index (χ0) is 43.8. The average molecular weight is 857 g/mol. The summed E-state index contributed by atoms with van der Waals surface area (Å²) in [7, 11) is -2.71. The molecular formula is C61H40N4Si. The molecule has 0 saturated carbocycles. The molecule has 0 radical (unpaired) electrons. The second-order valence-electron chi connectivity index (χ2n) is 17.1. The normalized spacial score (nSPS) is 11.9. The minimum absolute atomic E-state index is 0.640. The largest absolute Gasteiger partial charge is 0.309 e. The van der Waals surface area contributed by atoms with Crippen LogP contribution in [-0.4, -0.2) is 21.8 Å². The van der Waals surface area contributed by atoms with Gasteiger partial charge in [0.25, 0.3) is 0 Å². The van der Waals surface area contributed by atoms with Crippen molar-refractivity contribution >= 4 is 99.9 Å². The number of aromatic nitrogens is 3. The Morgan fingerprint density at radius 3 is 1.36 bits per heavy atom. The first-order valence-electron chi connectivity index (χ1n) is 22.5. The highest BCUT2D eigenvalue weighted by atomic mass is 28.3. The molecule has 5 heteroatoms. The lowest BCUT2D eigenvalue weighted by Crippen LogP contribution is -2.74. The minimum Gasteiger partial charge on any atom is -0.309 e. The molecule has 0 saturated heterocycles. The van der Waals surface area contributed by atoms with Crippen molar-refractivity contribution in [2.24, 2.45) is 0 Å². The molecule has 0 N–H and O–H groups in total. The third kappa shape index (κ3) is 5.49. The van der Waals surface area contributed by atoms with Gasteiger partial charge in [0, 0.05) is 38.3 Å². The Hall–Kier alpha value is -8.69. The molecule has 0 fully saturated rings. The van der Waals surface area contributed by atoms with Crippen molar-refractivity contribution in [3.05, 3.63) is 254 Å². The van der Waals surface area contributed by atoms with Crippen molar-refractivity contribution in [2.45, 2.75) is 0 Å². The Kier molecular flexibility index (Phi) is 8.57. The zero-order valence-corrected chi connectivity index (χ0v) is 36.9. The van der Waals surface area contributed by atoms with Crippen molar-refractivity contribution in [1.82, 2.24) is 13.7 Å². The highest BCUT2D eigenvalue weighted by Crippen LogP contribution is 2.41. The summed E-state index contributed by atoms with van der Waals surface area (Å²) in [4.78, 5) is 3.80. The molecule has 0 atom stereocenters. The van der Waals surface area contributed by atoms with Gasteiger partial charge >= 0.3 is 0 Å². The Bertz CT molecular complexity index is 3950. The summed E-state index contributed by atoms with van der Waals surface area (Å²) >= 11 is 0. The van der Waals surface area contributed by atoms with E-state index in [1.54, 1.807) is 0 Å². The van der Waals surface area contributed by atoms with E-state index in [4.69, 9.17) is 6.57 Å². The predicted octanol–water partition coefficient (Wildman–Crippen LogP) is 12.9. The van der Waals surface area contributed by atoms with E-state index in [1.807, 2.05) is 12.1 Å². The highest BCUT2D eigenvalue weighted by molar-refractivity contribution is 7.19. The lowest BCUT2D eigenvalue weighted by atomic mass is 10.1. The summed E-state index contributed by atoms with van der Waals surface area (Å²) in [6.45, 7) is 7.80. The topological polar surface area (TPSA) is 19.1 Å². The van der Waals surface area contributed by atoms with Crippen LogP contribution in [0.25, 0.3) is 87.3 Å². The predicted molar refractivity (Wildman–Crippen MR) is 279 cm³/mol. The number of benzene rings is 10. The third-order valence-electron chi connectivity index (χ3n) is 13.8. The SMILES string of the molecule is [C-]#[N+]c1ccc2c(c1)c1ccccc1n2-c1cccc2c3ccccc3n(-c3ccc4c5ccccc5n(-c5ccc([Si](c6ccccc6)(c6ccccc6)c6ccccc6)cc5)c4c3)c12. The molecule has 0 bridgehead atoms. The van der Waals surface area contributed by atoms with E-state index in [0.717, 1.165) is 55.4 Å². The lowest BCUT2D eigenvalue weighted by Gasteiger charge is -2.34. The second kappa shape index (κ2) is 15.0. The van der Waals surface area contributed by atoms with E-state index in [9.17, 15) is 0 Å². The second-order valence-corrected chi connectivity index (χ2v) is 21.0. The fraction of sp³-hybridized carbons (Fsp3) is 0. The lowest BCUT2D eigenvalue weighted by molar-refractivity contribution is 1.13. The van der Waals surface area contributed by atoms with Crippen LogP contribution in [0.5, 0.6) is 0 Å². The van der Waals surface area contributed by atoms with Crippen LogP contribution in [0, 0.1) is 6.57 Å². The highest BCUT2D eigenvalue weighted by Gasteiger charge is 2.41. The number of fused-ring (bicyclic) bond motifs is 9. The summed E-state index contributed by atoms with van der Waals surface area (Å²) in [5.41, 5.74) is 10.7. The van der Waals surface area contributed by atoms with Gasteiger partial charge in [0.15, 0.2) is 13.8 Å². The first-order chi connectivity index (χ1) is 32.7. The monoisotopic (exact) mass is 856 g/mol. The number of hydrogen-bond acceptors (Lipinski definition) is 0. The number of hydrogen-bond donors (Lipinski definition) is 0. The van der Waals surface area contributed by atoms with E-state index < -0.39 is 8.07 Å². The quantitative estimate of drug-likeness (QED) is 0.0864. The number of nitrogens with zero attached hydrogens (tertiary/aromatic N) is 4. The fourth-order valence-corrected chi connectivity index (χ4v) is 15.8. The fourth-order valence-electron chi connectivity index (χ4n) is 11.0. The van der Waals surface area contributed by atoms with Crippen molar-refractivity contribution in [1.29, 1.82) is 0 Å². The van der Waals surface area contributed by atoms with Gasteiger partial charge in [0.2, 0.25) is 0 Å². The maximum Gasteiger partial charge on any atom is 0.188 e. The van der Waals surface area contributed by atoms with E-state index in [2.05, 4.69) is 249 Å². The summed E-state index contributed by atoms with van der Waals surface area (Å²) < 4.78 is 7.29. The molecule has 13 rings (SSSR count). The van der Waals surface area contributed by atoms with Crippen LogP contribution in [0.1, 0.15) is 0 Å². The molecule has 308 valence electrons. The van der Waals surface area contributed by atoms with Crippen LogP contribution in [0.15, 0.2) is 243 Å². The molecule has 66 heavy (non-hydrogen) atoms. The molecule has 0 spiro atoms. The van der Waals surface area contributed by atoms with Gasteiger partial charge in [-0.2, -0.15) is 0 Å². The van der Waals surface area contributed by atoms with Crippen LogP contribution < -0.4 is 20.7 Å². The summed E-state index contributed by atoms with van der Waals surface area (Å²) in [5, 5.41) is 12.4. The molecule has 0 amide bonds. The van der Waals surface area contributed by atoms with Crippen LogP contribution in [0.3, 0.4) is 0 Å². The maximum atomic E-state index is 7.80. The molecule has 4 nitrogen and oxygen atoms in total. The van der Waals surface area contributed by atoms with E-state index in [0.29, 0.717) is 5.69 Å². The average Bonchev–Trinajstić information content (AvgIpc) is 4.03. The van der Waals surface area contributed by atoms with Crippen LogP contribution >= 0.6 is 0 Å². The summed E-state index contributed by atoms with van der Waals surface area (Å²) in [6, 6.07) is 88.7. The number of rotatable bonds is 7. The van der Waals surface area contributed by atoms with Gasteiger partial charge in [-0.3, -0.25) is 0 Å². The van der Waals surface area contributed by atoms with Crippen molar-refractivity contribution in [3.63, 3.8) is 0 Å². The molecule has 13 aromatic rings. The summed E-state index contributed by atoms with van der Waals surface area (Å²) in [6.07, 6.45) is 0. The first kappa shape index (κ1) is 37.8. The molecule has 10 aromatic carbocycles. The Balaban J connectivity index is 1.05. The Morgan fingerprint density at radius 1 is 0.303 bits per heavy atom. The smallest absolute Gasteiger partial charge is 0.188 e. The van der Waals surface area contributed by atoms with Crippen LogP contribution in [-0.2, 0) is 0 Å². The van der Waals surface area contributed by atoms with Crippen molar-refractivity contribution < 1.29 is 0 Å². The molecule has 0 aliphatic rings. The first-order valence-corrected chi connectivity index (χ1v) is 24.5.